The van der Waals surface area contributed by atoms with Crippen molar-refractivity contribution in [1.29, 1.82) is 0 Å². The van der Waals surface area contributed by atoms with Crippen LogP contribution in [0.4, 0.5) is 5.69 Å². The summed E-state index contributed by atoms with van der Waals surface area (Å²) < 4.78 is 0. The largest absolute Gasteiger partial charge is 0.387 e. The van der Waals surface area contributed by atoms with Crippen molar-refractivity contribution >= 4 is 5.69 Å². The zero-order valence-electron chi connectivity index (χ0n) is 12.4. The molecular weight excluding hydrogens is 260 g/mol. The van der Waals surface area contributed by atoms with E-state index in [1.54, 1.807) is 0 Å². The molecule has 2 N–H and O–H groups in total. The minimum absolute atomic E-state index is 0.403. The van der Waals surface area contributed by atoms with E-state index < -0.39 is 6.10 Å². The van der Waals surface area contributed by atoms with Crippen LogP contribution in [0, 0.1) is 0 Å². The predicted octanol–water partition coefficient (Wildman–Crippen LogP) is 2.72. The highest BCUT2D eigenvalue weighted by atomic mass is 16.3. The number of anilines is 1. The molecule has 2 atom stereocenters. The fourth-order valence-electron chi connectivity index (χ4n) is 2.91. The molecule has 0 aromatic heterocycles. The molecule has 2 aromatic rings. The molecule has 3 rings (SSSR count). The van der Waals surface area contributed by atoms with Crippen LogP contribution in [0.2, 0.25) is 0 Å². The lowest BCUT2D eigenvalue weighted by molar-refractivity contribution is 0.183. The number of nitrogens with one attached hydrogen (secondary N) is 1. The van der Waals surface area contributed by atoms with Gasteiger partial charge in [0.25, 0.3) is 0 Å². The Morgan fingerprint density at radius 2 is 1.86 bits per heavy atom. The summed E-state index contributed by atoms with van der Waals surface area (Å²) in [5.74, 6) is 0. The van der Waals surface area contributed by atoms with Gasteiger partial charge in [-0.05, 0) is 24.1 Å². The molecule has 3 heteroatoms. The van der Waals surface area contributed by atoms with Gasteiger partial charge >= 0.3 is 0 Å². The van der Waals surface area contributed by atoms with Crippen LogP contribution in [-0.4, -0.2) is 24.2 Å². The maximum absolute atomic E-state index is 10.5. The molecule has 1 aliphatic rings. The van der Waals surface area contributed by atoms with Crippen molar-refractivity contribution < 1.29 is 5.11 Å². The fourth-order valence-corrected chi connectivity index (χ4v) is 2.91. The summed E-state index contributed by atoms with van der Waals surface area (Å²) in [6.07, 6.45) is -0.468. The fraction of sp³-hybridized carbons (Fsp3) is 0.333. The zero-order chi connectivity index (χ0) is 14.7. The van der Waals surface area contributed by atoms with E-state index in [9.17, 15) is 5.11 Å². The number of nitrogens with zero attached hydrogens (tertiary/aromatic N) is 1. The molecule has 1 aliphatic heterocycles. The molecule has 0 fully saturated rings. The Balaban J connectivity index is 1.83. The van der Waals surface area contributed by atoms with Crippen molar-refractivity contribution in [3.63, 3.8) is 0 Å². The lowest BCUT2D eigenvalue weighted by Crippen LogP contribution is -2.38. The maximum Gasteiger partial charge on any atom is 0.0964 e. The highest BCUT2D eigenvalue weighted by Gasteiger charge is 2.21. The number of hydrogen-bond donors (Lipinski definition) is 2. The number of β-amino-alcohol motifs (C(OH)–C–C–N with tert-alkyl or cyclic N) is 1. The first-order valence-electron chi connectivity index (χ1n) is 7.53. The van der Waals surface area contributed by atoms with Crippen LogP contribution in [0.15, 0.2) is 54.6 Å². The van der Waals surface area contributed by atoms with E-state index in [1.165, 1.54) is 11.3 Å². The predicted molar refractivity (Wildman–Crippen MR) is 86.4 cm³/mol. The second kappa shape index (κ2) is 6.29. The summed E-state index contributed by atoms with van der Waals surface area (Å²) in [5.41, 5.74) is 3.49. The van der Waals surface area contributed by atoms with Crippen molar-refractivity contribution in [2.45, 2.75) is 25.6 Å². The van der Waals surface area contributed by atoms with Gasteiger partial charge in [0.2, 0.25) is 0 Å². The molecule has 0 aliphatic carbocycles. The highest BCUT2D eigenvalue weighted by molar-refractivity contribution is 5.54. The van der Waals surface area contributed by atoms with E-state index in [4.69, 9.17) is 0 Å². The van der Waals surface area contributed by atoms with Gasteiger partial charge in [0.15, 0.2) is 0 Å². The number of rotatable bonds is 3. The first-order valence-corrected chi connectivity index (χ1v) is 7.53. The molecule has 0 saturated carbocycles. The molecule has 2 aromatic carbocycles. The first-order chi connectivity index (χ1) is 10.2. The number of fused-ring (bicyclic) bond motifs is 1. The Morgan fingerprint density at radius 3 is 2.67 bits per heavy atom. The Labute approximate surface area is 126 Å². The van der Waals surface area contributed by atoms with Crippen LogP contribution in [-0.2, 0) is 6.54 Å². The summed E-state index contributed by atoms with van der Waals surface area (Å²) >= 11 is 0. The Hall–Kier alpha value is -1.84. The average molecular weight is 282 g/mol. The summed E-state index contributed by atoms with van der Waals surface area (Å²) in [6, 6.07) is 18.7. The SMILES string of the molecule is CC1CN(CC(O)c2ccccc2)c2ccccc2CN1. The van der Waals surface area contributed by atoms with Crippen LogP contribution >= 0.6 is 0 Å². The second-order valence-corrected chi connectivity index (χ2v) is 5.74. The molecule has 0 saturated heterocycles. The van der Waals surface area contributed by atoms with Crippen LogP contribution < -0.4 is 10.2 Å². The molecular formula is C18H22N2O. The summed E-state index contributed by atoms with van der Waals surface area (Å²) in [4.78, 5) is 2.29. The molecule has 110 valence electrons. The van der Waals surface area contributed by atoms with Gasteiger partial charge < -0.3 is 15.3 Å². The van der Waals surface area contributed by atoms with Crippen molar-refractivity contribution in [3.8, 4) is 0 Å². The first kappa shape index (κ1) is 14.1. The average Bonchev–Trinajstić information content (AvgIpc) is 2.68. The van der Waals surface area contributed by atoms with E-state index in [1.807, 2.05) is 30.3 Å². The minimum Gasteiger partial charge on any atom is -0.387 e. The van der Waals surface area contributed by atoms with Gasteiger partial charge in [0, 0.05) is 31.4 Å². The standard InChI is InChI=1S/C18H22N2O/c1-14-12-20(13-18(21)15-7-3-2-4-8-15)17-10-6-5-9-16(17)11-19-14/h2-10,14,18-19,21H,11-13H2,1H3. The van der Waals surface area contributed by atoms with Crippen molar-refractivity contribution in [1.82, 2.24) is 5.32 Å². The van der Waals surface area contributed by atoms with Gasteiger partial charge in [-0.2, -0.15) is 0 Å². The van der Waals surface area contributed by atoms with E-state index >= 15 is 0 Å². The maximum atomic E-state index is 10.5. The van der Waals surface area contributed by atoms with E-state index in [-0.39, 0.29) is 0 Å². The minimum atomic E-state index is -0.468. The molecule has 0 amide bonds. The Bertz CT molecular complexity index is 585. The number of aliphatic hydroxyl groups is 1. The monoisotopic (exact) mass is 282 g/mol. The molecule has 0 radical (unpaired) electrons. The number of benzene rings is 2. The number of aliphatic hydroxyl groups excluding tert-OH is 1. The number of hydrogen-bond acceptors (Lipinski definition) is 3. The van der Waals surface area contributed by atoms with Crippen LogP contribution in [0.3, 0.4) is 0 Å². The topological polar surface area (TPSA) is 35.5 Å². The van der Waals surface area contributed by atoms with E-state index in [0.29, 0.717) is 12.6 Å². The second-order valence-electron chi connectivity index (χ2n) is 5.74. The van der Waals surface area contributed by atoms with Gasteiger partial charge in [-0.15, -0.1) is 0 Å². The van der Waals surface area contributed by atoms with Gasteiger partial charge in [0.05, 0.1) is 6.10 Å². The van der Waals surface area contributed by atoms with Crippen molar-refractivity contribution in [3.05, 3.63) is 65.7 Å². The summed E-state index contributed by atoms with van der Waals surface area (Å²) in [6.45, 7) is 4.59. The quantitative estimate of drug-likeness (QED) is 0.908. The van der Waals surface area contributed by atoms with E-state index in [0.717, 1.165) is 18.7 Å². The third-order valence-electron chi connectivity index (χ3n) is 4.05. The van der Waals surface area contributed by atoms with Crippen molar-refractivity contribution in [2.24, 2.45) is 0 Å². The number of para-hydroxylation sites is 1. The smallest absolute Gasteiger partial charge is 0.0964 e. The lowest BCUT2D eigenvalue weighted by atomic mass is 10.1. The van der Waals surface area contributed by atoms with Crippen LogP contribution in [0.25, 0.3) is 0 Å². The normalized spacial score (nSPS) is 19.7. The van der Waals surface area contributed by atoms with Gasteiger partial charge in [-0.3, -0.25) is 0 Å². The molecule has 3 nitrogen and oxygen atoms in total. The highest BCUT2D eigenvalue weighted by Crippen LogP contribution is 2.25. The molecule has 2 unspecified atom stereocenters. The van der Waals surface area contributed by atoms with Crippen molar-refractivity contribution in [2.75, 3.05) is 18.0 Å². The molecule has 21 heavy (non-hydrogen) atoms. The summed E-state index contributed by atoms with van der Waals surface area (Å²) in [7, 11) is 0. The zero-order valence-corrected chi connectivity index (χ0v) is 12.4. The summed E-state index contributed by atoms with van der Waals surface area (Å²) in [5, 5.41) is 14.0. The van der Waals surface area contributed by atoms with Gasteiger partial charge in [-0.25, -0.2) is 0 Å². The van der Waals surface area contributed by atoms with E-state index in [2.05, 4.69) is 41.4 Å². The van der Waals surface area contributed by atoms with Crippen LogP contribution in [0.5, 0.6) is 0 Å². The molecule has 1 heterocycles. The Kier molecular flexibility index (Phi) is 4.23. The Morgan fingerprint density at radius 1 is 1.14 bits per heavy atom. The lowest BCUT2D eigenvalue weighted by Gasteiger charge is -2.29. The van der Waals surface area contributed by atoms with Crippen LogP contribution in [0.1, 0.15) is 24.2 Å². The molecule has 0 bridgehead atoms. The van der Waals surface area contributed by atoms with Gasteiger partial charge in [-0.1, -0.05) is 48.5 Å². The third-order valence-corrected chi connectivity index (χ3v) is 4.05. The third kappa shape index (κ3) is 3.26. The van der Waals surface area contributed by atoms with Gasteiger partial charge in [0.1, 0.15) is 0 Å². The molecule has 0 spiro atoms.